The fraction of sp³-hybridized carbons (Fsp3) is 0.267. The quantitative estimate of drug-likeness (QED) is 0.824. The number of nitrogens with two attached hydrogens (primary N) is 1. The van der Waals surface area contributed by atoms with Gasteiger partial charge in [-0.3, -0.25) is 0 Å². The van der Waals surface area contributed by atoms with Crippen molar-refractivity contribution in [1.29, 1.82) is 0 Å². The highest BCUT2D eigenvalue weighted by molar-refractivity contribution is 7.80. The second kappa shape index (κ2) is 6.83. The monoisotopic (exact) mass is 320 g/mol. The van der Waals surface area contributed by atoms with Crippen LogP contribution in [0.4, 0.5) is 11.5 Å². The summed E-state index contributed by atoms with van der Waals surface area (Å²) in [5.74, 6) is 0.582. The molecule has 21 heavy (non-hydrogen) atoms. The minimum absolute atomic E-state index is 0.327. The molecule has 0 radical (unpaired) electrons. The number of halogens is 1. The number of benzene rings is 1. The number of thiocarbonyl (C=S) groups is 1. The highest BCUT2D eigenvalue weighted by Crippen LogP contribution is 2.24. The molecule has 2 aromatic rings. The van der Waals surface area contributed by atoms with Gasteiger partial charge in [-0.25, -0.2) is 0 Å². The lowest BCUT2D eigenvalue weighted by atomic mass is 10.0. The largest absolute Gasteiger partial charge is 0.389 e. The van der Waals surface area contributed by atoms with E-state index in [9.17, 15) is 0 Å². The van der Waals surface area contributed by atoms with Gasteiger partial charge in [0, 0.05) is 10.7 Å². The first kappa shape index (κ1) is 15.7. The zero-order valence-electron chi connectivity index (χ0n) is 12.0. The Kier molecular flexibility index (Phi) is 5.09. The summed E-state index contributed by atoms with van der Waals surface area (Å²) in [6.45, 7) is 4.10. The highest BCUT2D eigenvalue weighted by atomic mass is 35.5. The Labute approximate surface area is 134 Å². The van der Waals surface area contributed by atoms with Crippen LogP contribution in [0.25, 0.3) is 0 Å². The van der Waals surface area contributed by atoms with Gasteiger partial charge in [0.05, 0.1) is 11.3 Å². The number of nitrogens with zero attached hydrogens (tertiary/aromatic N) is 2. The van der Waals surface area contributed by atoms with Crippen molar-refractivity contribution in [3.63, 3.8) is 0 Å². The van der Waals surface area contributed by atoms with E-state index in [-0.39, 0.29) is 0 Å². The van der Waals surface area contributed by atoms with Gasteiger partial charge in [-0.2, -0.15) is 5.10 Å². The molecule has 0 bridgehead atoms. The lowest BCUT2D eigenvalue weighted by Crippen LogP contribution is -2.18. The predicted molar refractivity (Wildman–Crippen MR) is 91.4 cm³/mol. The van der Waals surface area contributed by atoms with Crippen molar-refractivity contribution in [3.05, 3.63) is 46.1 Å². The molecule has 1 aromatic carbocycles. The third-order valence-electron chi connectivity index (χ3n) is 3.20. The molecule has 0 atom stereocenters. The number of aryl methyl sites for hydroxylation is 1. The van der Waals surface area contributed by atoms with Crippen molar-refractivity contribution < 1.29 is 0 Å². The first-order chi connectivity index (χ1) is 10.1. The van der Waals surface area contributed by atoms with E-state index in [4.69, 9.17) is 29.6 Å². The first-order valence-electron chi connectivity index (χ1n) is 6.77. The van der Waals surface area contributed by atoms with Crippen LogP contribution < -0.4 is 11.1 Å². The summed E-state index contributed by atoms with van der Waals surface area (Å²) >= 11 is 11.1. The maximum absolute atomic E-state index is 5.89. The Bertz CT molecular complexity index is 655. The fourth-order valence-electron chi connectivity index (χ4n) is 2.20. The second-order valence-electron chi connectivity index (χ2n) is 4.55. The Morgan fingerprint density at radius 3 is 2.38 bits per heavy atom. The van der Waals surface area contributed by atoms with E-state index in [2.05, 4.69) is 22.4 Å². The Balaban J connectivity index is 2.48. The number of hydrogen-bond acceptors (Lipinski definition) is 4. The topological polar surface area (TPSA) is 63.8 Å². The maximum Gasteiger partial charge on any atom is 0.163 e. The SMILES string of the molecule is CCc1nnc(Nc2ccc(Cl)cc2)c(C(N)=S)c1CC. The van der Waals surface area contributed by atoms with Crippen LogP contribution in [0.5, 0.6) is 0 Å². The van der Waals surface area contributed by atoms with Gasteiger partial charge in [0.25, 0.3) is 0 Å². The molecule has 2 rings (SSSR count). The fourth-order valence-corrected chi connectivity index (χ4v) is 2.54. The van der Waals surface area contributed by atoms with E-state index < -0.39 is 0 Å². The summed E-state index contributed by atoms with van der Waals surface area (Å²) in [4.78, 5) is 0.327. The smallest absolute Gasteiger partial charge is 0.163 e. The molecule has 0 aliphatic carbocycles. The van der Waals surface area contributed by atoms with Gasteiger partial charge in [0.1, 0.15) is 4.99 Å². The molecule has 0 unspecified atom stereocenters. The molecular weight excluding hydrogens is 304 g/mol. The summed E-state index contributed by atoms with van der Waals surface area (Å²) in [5.41, 5.74) is 9.51. The number of rotatable bonds is 5. The average Bonchev–Trinajstić information content (AvgIpc) is 2.48. The van der Waals surface area contributed by atoms with Crippen LogP contribution in [0.2, 0.25) is 5.02 Å². The van der Waals surface area contributed by atoms with E-state index in [1.165, 1.54) is 0 Å². The van der Waals surface area contributed by atoms with Crippen LogP contribution in [-0.2, 0) is 12.8 Å². The molecule has 110 valence electrons. The molecular formula is C15H17ClN4S. The van der Waals surface area contributed by atoms with Gasteiger partial charge in [-0.15, -0.1) is 5.10 Å². The zero-order valence-corrected chi connectivity index (χ0v) is 13.6. The number of anilines is 2. The van der Waals surface area contributed by atoms with Crippen LogP contribution >= 0.6 is 23.8 Å². The summed E-state index contributed by atoms with van der Waals surface area (Å²) in [6.07, 6.45) is 1.60. The standard InChI is InChI=1S/C15H17ClN4S/c1-3-11-12(4-2)19-20-15(13(11)14(17)21)18-10-7-5-9(16)6-8-10/h5-8H,3-4H2,1-2H3,(H2,17,21)(H,18,20). The molecule has 1 heterocycles. The first-order valence-corrected chi connectivity index (χ1v) is 7.56. The van der Waals surface area contributed by atoms with Gasteiger partial charge in [-0.1, -0.05) is 37.7 Å². The van der Waals surface area contributed by atoms with E-state index in [0.29, 0.717) is 15.8 Å². The number of nitrogens with one attached hydrogen (secondary N) is 1. The third-order valence-corrected chi connectivity index (χ3v) is 3.66. The molecule has 4 nitrogen and oxygen atoms in total. The van der Waals surface area contributed by atoms with Crippen LogP contribution in [0.15, 0.2) is 24.3 Å². The molecule has 1 aromatic heterocycles. The lowest BCUT2D eigenvalue weighted by molar-refractivity contribution is 0.879. The van der Waals surface area contributed by atoms with E-state index in [1.807, 2.05) is 19.1 Å². The predicted octanol–water partition coefficient (Wildman–Crippen LogP) is 3.63. The van der Waals surface area contributed by atoms with Crippen LogP contribution in [0.3, 0.4) is 0 Å². The molecule has 0 amide bonds. The molecule has 0 spiro atoms. The summed E-state index contributed by atoms with van der Waals surface area (Å²) in [6, 6.07) is 7.34. The van der Waals surface area contributed by atoms with Crippen molar-refractivity contribution >= 4 is 40.3 Å². The van der Waals surface area contributed by atoms with E-state index in [0.717, 1.165) is 35.3 Å². The zero-order chi connectivity index (χ0) is 15.4. The Morgan fingerprint density at radius 1 is 1.19 bits per heavy atom. The van der Waals surface area contributed by atoms with Crippen LogP contribution in [-0.4, -0.2) is 15.2 Å². The van der Waals surface area contributed by atoms with Crippen molar-refractivity contribution in [2.75, 3.05) is 5.32 Å². The maximum atomic E-state index is 5.89. The second-order valence-corrected chi connectivity index (χ2v) is 5.43. The molecule has 0 saturated carbocycles. The van der Waals surface area contributed by atoms with E-state index >= 15 is 0 Å². The van der Waals surface area contributed by atoms with Gasteiger partial charge in [-0.05, 0) is 42.7 Å². The average molecular weight is 321 g/mol. The Morgan fingerprint density at radius 2 is 1.86 bits per heavy atom. The van der Waals surface area contributed by atoms with Gasteiger partial charge >= 0.3 is 0 Å². The van der Waals surface area contributed by atoms with Crippen molar-refractivity contribution in [3.8, 4) is 0 Å². The molecule has 0 saturated heterocycles. The molecule has 0 fully saturated rings. The highest BCUT2D eigenvalue weighted by Gasteiger charge is 2.16. The number of hydrogen-bond donors (Lipinski definition) is 2. The van der Waals surface area contributed by atoms with Crippen molar-refractivity contribution in [2.45, 2.75) is 26.7 Å². The molecule has 0 aliphatic heterocycles. The van der Waals surface area contributed by atoms with Crippen molar-refractivity contribution in [2.24, 2.45) is 5.73 Å². The molecule has 3 N–H and O–H groups in total. The molecule has 6 heteroatoms. The van der Waals surface area contributed by atoms with E-state index in [1.54, 1.807) is 12.1 Å². The van der Waals surface area contributed by atoms with Gasteiger partial charge in [0.2, 0.25) is 0 Å². The summed E-state index contributed by atoms with van der Waals surface area (Å²) < 4.78 is 0. The van der Waals surface area contributed by atoms with Gasteiger partial charge < -0.3 is 11.1 Å². The molecule has 0 aliphatic rings. The van der Waals surface area contributed by atoms with Crippen LogP contribution in [0.1, 0.15) is 30.7 Å². The van der Waals surface area contributed by atoms with Crippen LogP contribution in [0, 0.1) is 0 Å². The Hall–Kier alpha value is -1.72. The van der Waals surface area contributed by atoms with Gasteiger partial charge in [0.15, 0.2) is 5.82 Å². The lowest BCUT2D eigenvalue weighted by Gasteiger charge is -2.15. The normalized spacial score (nSPS) is 10.4. The third kappa shape index (κ3) is 3.49. The summed E-state index contributed by atoms with van der Waals surface area (Å²) in [7, 11) is 0. The minimum atomic E-state index is 0.327. The summed E-state index contributed by atoms with van der Waals surface area (Å²) in [5, 5.41) is 12.4. The van der Waals surface area contributed by atoms with Crippen molar-refractivity contribution in [1.82, 2.24) is 10.2 Å². The minimum Gasteiger partial charge on any atom is -0.389 e. The number of aromatic nitrogens is 2.